The van der Waals surface area contributed by atoms with E-state index in [1.54, 1.807) is 6.92 Å². The molecule has 1 heterocycles. The summed E-state index contributed by atoms with van der Waals surface area (Å²) < 4.78 is 11.5. The number of halogens is 1. The van der Waals surface area contributed by atoms with E-state index in [1.165, 1.54) is 0 Å². The van der Waals surface area contributed by atoms with E-state index in [-0.39, 0.29) is 18.3 Å². The van der Waals surface area contributed by atoms with Gasteiger partial charge >= 0.3 is 5.97 Å². The van der Waals surface area contributed by atoms with Crippen molar-refractivity contribution in [2.45, 2.75) is 51.9 Å². The zero-order chi connectivity index (χ0) is 24.2. The Morgan fingerprint density at radius 1 is 1.09 bits per heavy atom. The minimum Gasteiger partial charge on any atom is -0.493 e. The number of esters is 1. The maximum absolute atomic E-state index is 13.7. The number of para-hydroxylation sites is 1. The zero-order valence-corrected chi connectivity index (χ0v) is 20.6. The number of ether oxygens (including phenoxy) is 2. The van der Waals surface area contributed by atoms with Gasteiger partial charge in [0, 0.05) is 34.0 Å². The summed E-state index contributed by atoms with van der Waals surface area (Å²) in [7, 11) is 0. The van der Waals surface area contributed by atoms with E-state index in [0.29, 0.717) is 47.1 Å². The number of carbonyl (C=O) groups excluding carboxylic acids is 2. The number of rotatable bonds is 7. The van der Waals surface area contributed by atoms with Crippen molar-refractivity contribution in [1.29, 1.82) is 0 Å². The van der Waals surface area contributed by atoms with Gasteiger partial charge in [0.2, 0.25) is 0 Å². The van der Waals surface area contributed by atoms with Crippen LogP contribution in [0.15, 0.2) is 71.1 Å². The van der Waals surface area contributed by atoms with Crippen molar-refractivity contribution in [3.63, 3.8) is 0 Å². The number of Topliss-reactive ketones (excluding diaryl/α,β-unsaturated/α-hetero) is 1. The van der Waals surface area contributed by atoms with Gasteiger partial charge in [-0.2, -0.15) is 0 Å². The van der Waals surface area contributed by atoms with E-state index in [9.17, 15) is 9.59 Å². The normalized spacial score (nSPS) is 20.1. The van der Waals surface area contributed by atoms with Gasteiger partial charge in [0.25, 0.3) is 0 Å². The molecular weight excluding hydrogens is 450 g/mol. The average molecular weight is 480 g/mol. The summed E-state index contributed by atoms with van der Waals surface area (Å²) in [5.41, 5.74) is 4.55. The van der Waals surface area contributed by atoms with Crippen molar-refractivity contribution >= 4 is 23.4 Å². The van der Waals surface area contributed by atoms with Crippen molar-refractivity contribution in [3.05, 3.63) is 87.2 Å². The fourth-order valence-electron chi connectivity index (χ4n) is 4.86. The van der Waals surface area contributed by atoms with Gasteiger partial charge in [0.05, 0.1) is 24.7 Å². The maximum atomic E-state index is 13.7. The third-order valence-corrected chi connectivity index (χ3v) is 6.61. The number of nitrogens with one attached hydrogen (secondary N) is 1. The molecule has 2 aliphatic rings. The molecule has 1 aliphatic heterocycles. The quantitative estimate of drug-likeness (QED) is 0.489. The van der Waals surface area contributed by atoms with Crippen molar-refractivity contribution in [1.82, 2.24) is 5.32 Å². The van der Waals surface area contributed by atoms with Crippen LogP contribution in [-0.2, 0) is 14.3 Å². The van der Waals surface area contributed by atoms with Crippen LogP contribution < -0.4 is 10.1 Å². The van der Waals surface area contributed by atoms with Crippen LogP contribution in [0.5, 0.6) is 5.75 Å². The molecule has 2 aromatic carbocycles. The van der Waals surface area contributed by atoms with Crippen LogP contribution in [0.4, 0.5) is 0 Å². The minimum atomic E-state index is -0.540. The highest BCUT2D eigenvalue weighted by molar-refractivity contribution is 6.30. The molecule has 0 spiro atoms. The number of ketones is 1. The van der Waals surface area contributed by atoms with Crippen LogP contribution in [0.3, 0.4) is 0 Å². The first-order chi connectivity index (χ1) is 16.4. The van der Waals surface area contributed by atoms with E-state index in [0.717, 1.165) is 23.2 Å². The standard InChI is InChI=1S/C28H30ClNO4/c1-4-14-34-24-9-7-6-8-21(24)26-25(28(32)33-5-2)17(3)30-22-15-19(16-23(31)27(22)26)18-10-12-20(29)13-11-18/h6-13,19,26,30H,4-5,14-16H2,1-3H3/t19-,26-/m1/s1. The summed E-state index contributed by atoms with van der Waals surface area (Å²) in [6.45, 7) is 6.51. The summed E-state index contributed by atoms with van der Waals surface area (Å²) >= 11 is 6.07. The SMILES string of the molecule is CCCOc1ccccc1[C@@H]1C(C(=O)OCC)=C(C)NC2=C1C(=O)C[C@H](c1ccc(Cl)cc1)C2. The van der Waals surface area contributed by atoms with Crippen LogP contribution in [0.25, 0.3) is 0 Å². The lowest BCUT2D eigenvalue weighted by Gasteiger charge is -2.37. The van der Waals surface area contributed by atoms with Gasteiger partial charge in [-0.05, 0) is 56.4 Å². The predicted molar refractivity (Wildman–Crippen MR) is 133 cm³/mol. The van der Waals surface area contributed by atoms with Crippen molar-refractivity contribution < 1.29 is 19.1 Å². The first kappa shape index (κ1) is 24.1. The first-order valence-electron chi connectivity index (χ1n) is 11.8. The highest BCUT2D eigenvalue weighted by Gasteiger charge is 2.42. The zero-order valence-electron chi connectivity index (χ0n) is 19.8. The summed E-state index contributed by atoms with van der Waals surface area (Å²) in [5.74, 6) is -0.201. The molecule has 2 aromatic rings. The Kier molecular flexibility index (Phi) is 7.42. The lowest BCUT2D eigenvalue weighted by atomic mass is 9.71. The molecule has 0 saturated carbocycles. The average Bonchev–Trinajstić information content (AvgIpc) is 2.82. The third kappa shape index (κ3) is 4.76. The highest BCUT2D eigenvalue weighted by atomic mass is 35.5. The van der Waals surface area contributed by atoms with Gasteiger partial charge < -0.3 is 14.8 Å². The number of allylic oxidation sites excluding steroid dienone is 3. The van der Waals surface area contributed by atoms with Crippen molar-refractivity contribution in [3.8, 4) is 5.75 Å². The molecule has 6 heteroatoms. The molecular formula is C28H30ClNO4. The predicted octanol–water partition coefficient (Wildman–Crippen LogP) is 6.05. The summed E-state index contributed by atoms with van der Waals surface area (Å²) in [6, 6.07) is 15.3. The van der Waals surface area contributed by atoms with E-state index >= 15 is 0 Å². The van der Waals surface area contributed by atoms with Crippen molar-refractivity contribution in [2.24, 2.45) is 0 Å². The molecule has 1 N–H and O–H groups in total. The molecule has 34 heavy (non-hydrogen) atoms. The van der Waals surface area contributed by atoms with E-state index < -0.39 is 11.9 Å². The first-order valence-corrected chi connectivity index (χ1v) is 12.2. The van der Waals surface area contributed by atoms with Gasteiger partial charge in [-0.1, -0.05) is 48.9 Å². The minimum absolute atomic E-state index is 0.0262. The molecule has 1 aliphatic carbocycles. The van der Waals surface area contributed by atoms with Crippen LogP contribution in [0, 0.1) is 0 Å². The molecule has 178 valence electrons. The van der Waals surface area contributed by atoms with E-state index in [2.05, 4.69) is 5.32 Å². The second kappa shape index (κ2) is 10.5. The lowest BCUT2D eigenvalue weighted by molar-refractivity contribution is -0.138. The summed E-state index contributed by atoms with van der Waals surface area (Å²) in [4.78, 5) is 26.8. The van der Waals surface area contributed by atoms with Gasteiger partial charge in [-0.3, -0.25) is 4.79 Å². The maximum Gasteiger partial charge on any atom is 0.336 e. The topological polar surface area (TPSA) is 64.6 Å². The summed E-state index contributed by atoms with van der Waals surface area (Å²) in [6.07, 6.45) is 1.90. The van der Waals surface area contributed by atoms with Gasteiger partial charge in [-0.25, -0.2) is 4.79 Å². The molecule has 5 nitrogen and oxygen atoms in total. The van der Waals surface area contributed by atoms with Crippen LogP contribution >= 0.6 is 11.6 Å². The fraction of sp³-hybridized carbons (Fsp3) is 0.357. The molecule has 0 aromatic heterocycles. The second-order valence-electron chi connectivity index (χ2n) is 8.68. The number of benzene rings is 2. The number of dihydropyridines is 1. The van der Waals surface area contributed by atoms with Gasteiger partial charge in [0.15, 0.2) is 5.78 Å². The molecule has 4 rings (SSSR count). The van der Waals surface area contributed by atoms with Crippen LogP contribution in [-0.4, -0.2) is 25.0 Å². The fourth-order valence-corrected chi connectivity index (χ4v) is 4.99. The summed E-state index contributed by atoms with van der Waals surface area (Å²) in [5, 5.41) is 4.05. The Morgan fingerprint density at radius 2 is 1.82 bits per heavy atom. The number of hydrogen-bond acceptors (Lipinski definition) is 5. The number of hydrogen-bond donors (Lipinski definition) is 1. The molecule has 2 atom stereocenters. The number of carbonyl (C=O) groups is 2. The molecule has 0 bridgehead atoms. The molecule has 0 saturated heterocycles. The van der Waals surface area contributed by atoms with Gasteiger partial charge in [-0.15, -0.1) is 0 Å². The van der Waals surface area contributed by atoms with Crippen LogP contribution in [0.1, 0.15) is 63.0 Å². The van der Waals surface area contributed by atoms with Crippen LogP contribution in [0.2, 0.25) is 5.02 Å². The Balaban J connectivity index is 1.81. The largest absolute Gasteiger partial charge is 0.493 e. The Bertz CT molecular complexity index is 1150. The third-order valence-electron chi connectivity index (χ3n) is 6.36. The monoisotopic (exact) mass is 479 g/mol. The molecule has 0 unspecified atom stereocenters. The lowest BCUT2D eigenvalue weighted by Crippen LogP contribution is -2.36. The molecule has 0 amide bonds. The Morgan fingerprint density at radius 3 is 2.53 bits per heavy atom. The van der Waals surface area contributed by atoms with E-state index in [4.69, 9.17) is 21.1 Å². The Labute approximate surface area is 205 Å². The highest BCUT2D eigenvalue weighted by Crippen LogP contribution is 2.47. The van der Waals surface area contributed by atoms with Gasteiger partial charge in [0.1, 0.15) is 5.75 Å². The smallest absolute Gasteiger partial charge is 0.336 e. The Hall–Kier alpha value is -3.05. The molecule has 0 fully saturated rings. The van der Waals surface area contributed by atoms with E-state index in [1.807, 2.05) is 62.4 Å². The molecule has 0 radical (unpaired) electrons. The second-order valence-corrected chi connectivity index (χ2v) is 9.11. The van der Waals surface area contributed by atoms with Crippen molar-refractivity contribution in [2.75, 3.05) is 13.2 Å².